The van der Waals surface area contributed by atoms with Crippen LogP contribution in [0.2, 0.25) is 0 Å². The van der Waals surface area contributed by atoms with Crippen LogP contribution in [0.3, 0.4) is 0 Å². The highest BCUT2D eigenvalue weighted by molar-refractivity contribution is 7.99. The van der Waals surface area contributed by atoms with Crippen molar-refractivity contribution in [3.05, 3.63) is 59.7 Å². The predicted molar refractivity (Wildman–Crippen MR) is 111 cm³/mol. The van der Waals surface area contributed by atoms with Gasteiger partial charge in [-0.2, -0.15) is 0 Å². The molecule has 26 heavy (non-hydrogen) atoms. The first kappa shape index (κ1) is 20.1. The van der Waals surface area contributed by atoms with Gasteiger partial charge in [-0.25, -0.2) is 0 Å². The maximum absolute atomic E-state index is 11.1. The van der Waals surface area contributed by atoms with Crippen molar-refractivity contribution >= 4 is 29.1 Å². The normalized spacial score (nSPS) is 12.1. The number of carboxylic acid groups (broad SMARTS) is 1. The second-order valence-corrected chi connectivity index (χ2v) is 7.77. The van der Waals surface area contributed by atoms with Crippen LogP contribution in [0, 0.1) is 0 Å². The van der Waals surface area contributed by atoms with E-state index in [1.807, 2.05) is 28.2 Å². The number of carbonyl (C=O) groups is 1. The summed E-state index contributed by atoms with van der Waals surface area (Å²) in [6, 6.07) is 15.8. The van der Waals surface area contributed by atoms with Crippen molar-refractivity contribution in [3.63, 3.8) is 0 Å². The number of nitrogens with zero attached hydrogens (tertiary/aromatic N) is 2. The molecular formula is C20H27N3O2S. The van der Waals surface area contributed by atoms with E-state index in [0.29, 0.717) is 5.75 Å². The van der Waals surface area contributed by atoms with Crippen LogP contribution < -0.4 is 15.5 Å². The number of hydrogen-bond acceptors (Lipinski definition) is 5. The van der Waals surface area contributed by atoms with E-state index in [2.05, 4.69) is 58.3 Å². The minimum atomic E-state index is -0.970. The number of thioether (sulfide) groups is 1. The molecule has 0 aliphatic carbocycles. The van der Waals surface area contributed by atoms with Gasteiger partial charge in [-0.05, 0) is 35.4 Å². The van der Waals surface area contributed by atoms with Gasteiger partial charge in [0, 0.05) is 45.3 Å². The molecule has 0 spiro atoms. The molecule has 0 amide bonds. The van der Waals surface area contributed by atoms with Crippen LogP contribution in [0.5, 0.6) is 0 Å². The lowest BCUT2D eigenvalue weighted by Crippen LogP contribution is -2.32. The summed E-state index contributed by atoms with van der Waals surface area (Å²) in [6.45, 7) is 0. The van der Waals surface area contributed by atoms with E-state index in [1.54, 1.807) is 11.8 Å². The first-order valence-corrected chi connectivity index (χ1v) is 9.49. The van der Waals surface area contributed by atoms with Gasteiger partial charge in [0.05, 0.1) is 5.25 Å². The van der Waals surface area contributed by atoms with E-state index < -0.39 is 12.0 Å². The molecule has 1 atom stereocenters. The average molecular weight is 374 g/mol. The molecule has 0 bridgehead atoms. The number of carboxylic acids is 1. The fourth-order valence-corrected chi connectivity index (χ4v) is 3.79. The Bertz CT molecular complexity index is 663. The fraction of sp³-hybridized carbons (Fsp3) is 0.350. The van der Waals surface area contributed by atoms with Crippen LogP contribution in [0.25, 0.3) is 0 Å². The number of anilines is 2. The number of nitrogens with two attached hydrogens (primary N) is 1. The zero-order valence-electron chi connectivity index (χ0n) is 15.7. The summed E-state index contributed by atoms with van der Waals surface area (Å²) in [5, 5.41) is 9.12. The zero-order chi connectivity index (χ0) is 19.3. The Morgan fingerprint density at radius 2 is 1.31 bits per heavy atom. The van der Waals surface area contributed by atoms with E-state index in [9.17, 15) is 4.79 Å². The summed E-state index contributed by atoms with van der Waals surface area (Å²) in [6.07, 6.45) is 0. The van der Waals surface area contributed by atoms with Gasteiger partial charge in [-0.15, -0.1) is 11.8 Å². The molecule has 140 valence electrons. The second-order valence-electron chi connectivity index (χ2n) is 6.63. The molecule has 0 fully saturated rings. The summed E-state index contributed by atoms with van der Waals surface area (Å²) in [5.41, 5.74) is 10.2. The Kier molecular flexibility index (Phi) is 6.94. The van der Waals surface area contributed by atoms with Gasteiger partial charge in [0.2, 0.25) is 0 Å². The van der Waals surface area contributed by atoms with Crippen LogP contribution in [0.1, 0.15) is 16.4 Å². The summed E-state index contributed by atoms with van der Waals surface area (Å²) in [5.74, 6) is -0.618. The van der Waals surface area contributed by atoms with Crippen molar-refractivity contribution < 1.29 is 9.90 Å². The first-order valence-electron chi connectivity index (χ1n) is 8.44. The molecule has 0 aliphatic heterocycles. The quantitative estimate of drug-likeness (QED) is 0.741. The lowest BCUT2D eigenvalue weighted by Gasteiger charge is -2.21. The summed E-state index contributed by atoms with van der Waals surface area (Å²) in [7, 11) is 8.03. The predicted octanol–water partition coefficient (Wildman–Crippen LogP) is 3.05. The van der Waals surface area contributed by atoms with Gasteiger partial charge in [0.1, 0.15) is 6.04 Å². The van der Waals surface area contributed by atoms with Crippen molar-refractivity contribution in [1.82, 2.24) is 0 Å². The monoisotopic (exact) mass is 373 g/mol. The van der Waals surface area contributed by atoms with Crippen molar-refractivity contribution in [2.75, 3.05) is 43.7 Å². The lowest BCUT2D eigenvalue weighted by atomic mass is 10.0. The van der Waals surface area contributed by atoms with E-state index in [4.69, 9.17) is 10.8 Å². The molecule has 0 saturated heterocycles. The highest BCUT2D eigenvalue weighted by Crippen LogP contribution is 2.37. The molecular weight excluding hydrogens is 346 g/mol. The van der Waals surface area contributed by atoms with Gasteiger partial charge in [0.25, 0.3) is 0 Å². The SMILES string of the molecule is CN(C)c1ccc(C(SCC(N)C(=O)O)c2ccc(N(C)C)cc2)cc1. The van der Waals surface area contributed by atoms with Crippen LogP contribution in [-0.4, -0.2) is 51.1 Å². The standard InChI is InChI=1S/C20H27N3O2S/c1-22(2)16-9-5-14(6-10-16)19(26-13-18(21)20(24)25)15-7-11-17(12-8-15)23(3)4/h5-12,18-19H,13,21H2,1-4H3,(H,24,25). The molecule has 0 radical (unpaired) electrons. The van der Waals surface area contributed by atoms with Crippen LogP contribution in [-0.2, 0) is 4.79 Å². The number of aliphatic carboxylic acids is 1. The molecule has 0 heterocycles. The van der Waals surface area contributed by atoms with Gasteiger partial charge in [-0.3, -0.25) is 4.79 Å². The molecule has 3 N–H and O–H groups in total. The average Bonchev–Trinajstić information content (AvgIpc) is 2.62. The molecule has 2 rings (SSSR count). The molecule has 6 heteroatoms. The number of benzene rings is 2. The van der Waals surface area contributed by atoms with E-state index in [0.717, 1.165) is 22.5 Å². The van der Waals surface area contributed by atoms with E-state index >= 15 is 0 Å². The van der Waals surface area contributed by atoms with Gasteiger partial charge in [-0.1, -0.05) is 24.3 Å². The lowest BCUT2D eigenvalue weighted by molar-refractivity contribution is -0.137. The first-order chi connectivity index (χ1) is 12.3. The number of hydrogen-bond donors (Lipinski definition) is 2. The second kappa shape index (κ2) is 8.96. The van der Waals surface area contributed by atoms with Crippen LogP contribution in [0.4, 0.5) is 11.4 Å². The molecule has 1 unspecified atom stereocenters. The molecule has 0 aromatic heterocycles. The Hall–Kier alpha value is -2.18. The maximum atomic E-state index is 11.1. The van der Waals surface area contributed by atoms with Crippen molar-refractivity contribution in [1.29, 1.82) is 0 Å². The Labute approximate surface area is 159 Å². The largest absolute Gasteiger partial charge is 0.480 e. The molecule has 2 aromatic rings. The smallest absolute Gasteiger partial charge is 0.321 e. The Morgan fingerprint density at radius 3 is 1.62 bits per heavy atom. The topological polar surface area (TPSA) is 69.8 Å². The minimum absolute atomic E-state index is 0.0350. The van der Waals surface area contributed by atoms with E-state index in [-0.39, 0.29) is 5.25 Å². The summed E-state index contributed by atoms with van der Waals surface area (Å²) >= 11 is 1.56. The zero-order valence-corrected chi connectivity index (χ0v) is 16.5. The maximum Gasteiger partial charge on any atom is 0.321 e. The third-order valence-corrected chi connectivity index (χ3v) is 5.61. The number of rotatable bonds is 8. The molecule has 2 aromatic carbocycles. The van der Waals surface area contributed by atoms with Gasteiger partial charge < -0.3 is 20.6 Å². The highest BCUT2D eigenvalue weighted by atomic mass is 32.2. The summed E-state index contributed by atoms with van der Waals surface area (Å²) in [4.78, 5) is 15.2. The van der Waals surface area contributed by atoms with E-state index in [1.165, 1.54) is 0 Å². The van der Waals surface area contributed by atoms with Crippen LogP contribution in [0.15, 0.2) is 48.5 Å². The molecule has 0 saturated carbocycles. The third-order valence-electron chi connectivity index (χ3n) is 4.18. The Morgan fingerprint density at radius 1 is 0.923 bits per heavy atom. The van der Waals surface area contributed by atoms with Crippen LogP contribution >= 0.6 is 11.8 Å². The van der Waals surface area contributed by atoms with Gasteiger partial charge in [0.15, 0.2) is 0 Å². The van der Waals surface area contributed by atoms with Gasteiger partial charge >= 0.3 is 5.97 Å². The van der Waals surface area contributed by atoms with Crippen molar-refractivity contribution in [2.24, 2.45) is 5.73 Å². The highest BCUT2D eigenvalue weighted by Gasteiger charge is 2.19. The summed E-state index contributed by atoms with van der Waals surface area (Å²) < 4.78 is 0. The van der Waals surface area contributed by atoms with Crippen molar-refractivity contribution in [3.8, 4) is 0 Å². The fourth-order valence-electron chi connectivity index (χ4n) is 2.55. The molecule has 0 aliphatic rings. The van der Waals surface area contributed by atoms with Crippen molar-refractivity contribution in [2.45, 2.75) is 11.3 Å². The third kappa shape index (κ3) is 5.16. The minimum Gasteiger partial charge on any atom is -0.480 e. The Balaban J connectivity index is 2.30. The molecule has 5 nitrogen and oxygen atoms in total.